The van der Waals surface area contributed by atoms with Gasteiger partial charge in [0.2, 0.25) is 0 Å². The molecule has 1 aliphatic heterocycles. The summed E-state index contributed by atoms with van der Waals surface area (Å²) in [5, 5.41) is 6.04. The number of hydrogen-bond acceptors (Lipinski definition) is 5. The number of aromatic nitrogens is 4. The van der Waals surface area contributed by atoms with Gasteiger partial charge in [0.15, 0.2) is 0 Å². The normalized spacial score (nSPS) is 19.3. The second-order valence-corrected chi connectivity index (χ2v) is 9.35. The molecule has 2 fully saturated rings. The maximum Gasteiger partial charge on any atom is 0.259 e. The standard InChI is InChI=1S/C26H27N5O3/c1-16-11-22-20(24-21(25(32)29-22)14-28-31(24)18-6-2-3-7-18)12-19(16)26(33)30-9-10-34-23(15-30)17-5-4-8-27-13-17/h4-5,8,11-14,18,23H,2-3,6-7,9-10,15H2,1H3,(H,29,32). The number of morpholine rings is 1. The van der Waals surface area contributed by atoms with E-state index in [9.17, 15) is 9.59 Å². The summed E-state index contributed by atoms with van der Waals surface area (Å²) in [6.07, 6.45) is 9.45. The summed E-state index contributed by atoms with van der Waals surface area (Å²) in [6, 6.07) is 8.00. The van der Waals surface area contributed by atoms with Crippen LogP contribution in [-0.4, -0.2) is 50.3 Å². The Kier molecular flexibility index (Phi) is 5.17. The molecule has 1 saturated heterocycles. The zero-order chi connectivity index (χ0) is 23.2. The number of fused-ring (bicyclic) bond motifs is 3. The lowest BCUT2D eigenvalue weighted by molar-refractivity contribution is -0.0229. The minimum atomic E-state index is -0.195. The number of benzene rings is 1. The molecule has 6 rings (SSSR count). The topological polar surface area (TPSA) is 93.1 Å². The van der Waals surface area contributed by atoms with Crippen LogP contribution >= 0.6 is 0 Å². The Labute approximate surface area is 196 Å². The fourth-order valence-corrected chi connectivity index (χ4v) is 5.42. The Balaban J connectivity index is 1.42. The van der Waals surface area contributed by atoms with E-state index in [1.54, 1.807) is 18.6 Å². The second kappa shape index (κ2) is 8.36. The number of ether oxygens (including phenoxy) is 1. The van der Waals surface area contributed by atoms with Crippen molar-refractivity contribution >= 4 is 27.7 Å². The van der Waals surface area contributed by atoms with E-state index >= 15 is 0 Å². The first-order valence-corrected chi connectivity index (χ1v) is 11.9. The minimum Gasteiger partial charge on any atom is -0.370 e. The molecule has 2 aliphatic rings. The SMILES string of the molecule is Cc1cc2[nH]c(=O)c3cnn(C4CCCC4)c3c2cc1C(=O)N1CCOC(c2cccnc2)C1. The fraction of sp³-hybridized carbons (Fsp3) is 0.385. The molecule has 3 aromatic heterocycles. The molecule has 0 bridgehead atoms. The lowest BCUT2D eigenvalue weighted by Crippen LogP contribution is -2.42. The van der Waals surface area contributed by atoms with E-state index in [1.165, 1.54) is 12.8 Å². The molecule has 34 heavy (non-hydrogen) atoms. The Hall–Kier alpha value is -3.52. The van der Waals surface area contributed by atoms with Crippen molar-refractivity contribution in [3.8, 4) is 0 Å². The molecule has 4 heterocycles. The zero-order valence-corrected chi connectivity index (χ0v) is 19.2. The van der Waals surface area contributed by atoms with Crippen molar-refractivity contribution in [3.05, 3.63) is 69.9 Å². The Morgan fingerprint density at radius 3 is 2.82 bits per heavy atom. The predicted molar refractivity (Wildman–Crippen MR) is 129 cm³/mol. The van der Waals surface area contributed by atoms with Gasteiger partial charge in [0.05, 0.1) is 41.8 Å². The van der Waals surface area contributed by atoms with Gasteiger partial charge in [-0.15, -0.1) is 0 Å². The minimum absolute atomic E-state index is 0.0251. The highest BCUT2D eigenvalue weighted by atomic mass is 16.5. The summed E-state index contributed by atoms with van der Waals surface area (Å²) in [6.45, 7) is 3.41. The molecule has 8 heteroatoms. The summed E-state index contributed by atoms with van der Waals surface area (Å²) < 4.78 is 7.94. The van der Waals surface area contributed by atoms with Crippen LogP contribution in [-0.2, 0) is 4.74 Å². The number of carbonyl (C=O) groups is 1. The Morgan fingerprint density at radius 2 is 2.03 bits per heavy atom. The number of aromatic amines is 1. The number of aryl methyl sites for hydroxylation is 1. The number of rotatable bonds is 3. The molecular formula is C26H27N5O3. The van der Waals surface area contributed by atoms with Gasteiger partial charge >= 0.3 is 0 Å². The first-order chi connectivity index (χ1) is 16.6. The van der Waals surface area contributed by atoms with Gasteiger partial charge < -0.3 is 14.6 Å². The highest BCUT2D eigenvalue weighted by molar-refractivity contribution is 6.07. The predicted octanol–water partition coefficient (Wildman–Crippen LogP) is 3.91. The monoisotopic (exact) mass is 457 g/mol. The average molecular weight is 458 g/mol. The summed E-state index contributed by atoms with van der Waals surface area (Å²) >= 11 is 0. The molecule has 1 unspecified atom stereocenters. The van der Waals surface area contributed by atoms with Gasteiger partial charge in [-0.25, -0.2) is 0 Å². The summed E-state index contributed by atoms with van der Waals surface area (Å²) in [7, 11) is 0. The number of carbonyl (C=O) groups excluding carboxylic acids is 1. The van der Waals surface area contributed by atoms with Crippen molar-refractivity contribution < 1.29 is 9.53 Å². The van der Waals surface area contributed by atoms with Gasteiger partial charge in [0, 0.05) is 35.5 Å². The third kappa shape index (κ3) is 3.49. The third-order valence-electron chi connectivity index (χ3n) is 7.22. The van der Waals surface area contributed by atoms with Crippen LogP contribution in [0, 0.1) is 6.92 Å². The van der Waals surface area contributed by atoms with Crippen molar-refractivity contribution in [2.75, 3.05) is 19.7 Å². The van der Waals surface area contributed by atoms with Crippen LogP contribution in [0.1, 0.15) is 59.3 Å². The van der Waals surface area contributed by atoms with Gasteiger partial charge in [0.25, 0.3) is 11.5 Å². The molecule has 4 aromatic rings. The lowest BCUT2D eigenvalue weighted by Gasteiger charge is -2.33. The number of H-pyrrole nitrogens is 1. The van der Waals surface area contributed by atoms with Crippen molar-refractivity contribution in [1.82, 2.24) is 24.6 Å². The van der Waals surface area contributed by atoms with Crippen molar-refractivity contribution in [2.45, 2.75) is 44.8 Å². The van der Waals surface area contributed by atoms with Crippen molar-refractivity contribution in [1.29, 1.82) is 0 Å². The van der Waals surface area contributed by atoms with E-state index in [0.29, 0.717) is 36.7 Å². The lowest BCUT2D eigenvalue weighted by atomic mass is 10.0. The van der Waals surface area contributed by atoms with Crippen LogP contribution in [0.3, 0.4) is 0 Å². The molecule has 174 valence electrons. The molecule has 1 aromatic carbocycles. The summed E-state index contributed by atoms with van der Waals surface area (Å²) in [5.74, 6) is -0.0251. The van der Waals surface area contributed by atoms with Gasteiger partial charge in [-0.05, 0) is 43.5 Å². The van der Waals surface area contributed by atoms with Crippen LogP contribution < -0.4 is 5.56 Å². The number of hydrogen-bond donors (Lipinski definition) is 1. The number of pyridine rings is 2. The van der Waals surface area contributed by atoms with E-state index in [-0.39, 0.29) is 17.6 Å². The molecule has 1 atom stereocenters. The molecule has 8 nitrogen and oxygen atoms in total. The van der Waals surface area contributed by atoms with Crippen LogP contribution in [0.25, 0.3) is 21.8 Å². The third-order valence-corrected chi connectivity index (χ3v) is 7.22. The largest absolute Gasteiger partial charge is 0.370 e. The van der Waals surface area contributed by atoms with E-state index < -0.39 is 0 Å². The average Bonchev–Trinajstić information content (AvgIpc) is 3.55. The van der Waals surface area contributed by atoms with Gasteiger partial charge in [0.1, 0.15) is 6.10 Å². The summed E-state index contributed by atoms with van der Waals surface area (Å²) in [4.78, 5) is 35.5. The van der Waals surface area contributed by atoms with Gasteiger partial charge in [-0.1, -0.05) is 18.9 Å². The molecule has 1 N–H and O–H groups in total. The van der Waals surface area contributed by atoms with E-state index in [2.05, 4.69) is 15.1 Å². The maximum absolute atomic E-state index is 13.7. The molecule has 1 amide bonds. The smallest absolute Gasteiger partial charge is 0.259 e. The molecule has 0 spiro atoms. The summed E-state index contributed by atoms with van der Waals surface area (Å²) in [5.41, 5.74) is 3.87. The first kappa shape index (κ1) is 21.0. The van der Waals surface area contributed by atoms with Crippen LogP contribution in [0.5, 0.6) is 0 Å². The highest BCUT2D eigenvalue weighted by Gasteiger charge is 2.28. The Bertz CT molecular complexity index is 1440. The maximum atomic E-state index is 13.7. The molecule has 0 radical (unpaired) electrons. The van der Waals surface area contributed by atoms with Gasteiger partial charge in [-0.3, -0.25) is 19.3 Å². The number of nitrogens with one attached hydrogen (secondary N) is 1. The van der Waals surface area contributed by atoms with Gasteiger partial charge in [-0.2, -0.15) is 5.10 Å². The number of amides is 1. The fourth-order valence-electron chi connectivity index (χ4n) is 5.42. The highest BCUT2D eigenvalue weighted by Crippen LogP contribution is 2.34. The van der Waals surface area contributed by atoms with E-state index in [1.807, 2.05) is 40.8 Å². The van der Waals surface area contributed by atoms with Crippen molar-refractivity contribution in [2.24, 2.45) is 0 Å². The van der Waals surface area contributed by atoms with E-state index in [0.717, 1.165) is 40.4 Å². The molecular weight excluding hydrogens is 430 g/mol. The van der Waals surface area contributed by atoms with E-state index in [4.69, 9.17) is 4.74 Å². The number of nitrogens with zero attached hydrogens (tertiary/aromatic N) is 4. The van der Waals surface area contributed by atoms with Crippen molar-refractivity contribution in [3.63, 3.8) is 0 Å². The first-order valence-electron chi connectivity index (χ1n) is 11.9. The Morgan fingerprint density at radius 1 is 1.18 bits per heavy atom. The zero-order valence-electron chi connectivity index (χ0n) is 19.2. The second-order valence-electron chi connectivity index (χ2n) is 9.35. The van der Waals surface area contributed by atoms with Crippen LogP contribution in [0.4, 0.5) is 0 Å². The quantitative estimate of drug-likeness (QED) is 0.504. The molecule has 1 aliphatic carbocycles. The van der Waals surface area contributed by atoms with Crippen LogP contribution in [0.2, 0.25) is 0 Å². The van der Waals surface area contributed by atoms with Crippen LogP contribution in [0.15, 0.2) is 47.7 Å². The molecule has 1 saturated carbocycles.